The average molecular weight is 180 g/mol. The number of allylic oxidation sites excluding steroid dienone is 1. The van der Waals surface area contributed by atoms with E-state index >= 15 is 0 Å². The lowest BCUT2D eigenvalue weighted by molar-refractivity contribution is 0.159. The SMILES string of the molecule is CCB1OC(C)(C)C(CC)=C1CC. The van der Waals surface area contributed by atoms with Gasteiger partial charge >= 0.3 is 6.92 Å². The molecular weight excluding hydrogens is 159 g/mol. The predicted molar refractivity (Wildman–Crippen MR) is 59.0 cm³/mol. The number of hydrogen-bond donors (Lipinski definition) is 0. The van der Waals surface area contributed by atoms with Gasteiger partial charge in [-0.1, -0.05) is 26.2 Å². The van der Waals surface area contributed by atoms with Crippen molar-refractivity contribution in [3.8, 4) is 0 Å². The lowest BCUT2D eigenvalue weighted by atomic mass is 9.57. The quantitative estimate of drug-likeness (QED) is 0.604. The second kappa shape index (κ2) is 3.87. The summed E-state index contributed by atoms with van der Waals surface area (Å²) in [5.74, 6) is 0. The van der Waals surface area contributed by atoms with Crippen LogP contribution >= 0.6 is 0 Å². The lowest BCUT2D eigenvalue weighted by Gasteiger charge is -2.23. The van der Waals surface area contributed by atoms with Crippen molar-refractivity contribution in [1.29, 1.82) is 0 Å². The minimum absolute atomic E-state index is 0.0131. The van der Waals surface area contributed by atoms with Crippen molar-refractivity contribution in [1.82, 2.24) is 0 Å². The number of hydrogen-bond acceptors (Lipinski definition) is 1. The summed E-state index contributed by atoms with van der Waals surface area (Å²) in [5, 5.41) is 0. The first-order valence-corrected chi connectivity index (χ1v) is 5.47. The van der Waals surface area contributed by atoms with Crippen molar-refractivity contribution in [2.24, 2.45) is 0 Å². The van der Waals surface area contributed by atoms with E-state index in [2.05, 4.69) is 34.6 Å². The zero-order valence-corrected chi connectivity index (χ0v) is 9.61. The molecule has 0 N–H and O–H groups in total. The molecule has 0 amide bonds. The molecule has 74 valence electrons. The minimum Gasteiger partial charge on any atom is -0.423 e. The van der Waals surface area contributed by atoms with Crippen LogP contribution in [0.15, 0.2) is 11.0 Å². The molecule has 0 radical (unpaired) electrons. The van der Waals surface area contributed by atoms with Gasteiger partial charge in [-0.2, -0.15) is 0 Å². The Kier molecular flexibility index (Phi) is 3.23. The van der Waals surface area contributed by atoms with Crippen LogP contribution < -0.4 is 0 Å². The highest BCUT2D eigenvalue weighted by molar-refractivity contribution is 6.61. The largest absolute Gasteiger partial charge is 0.423 e. The highest BCUT2D eigenvalue weighted by atomic mass is 16.5. The van der Waals surface area contributed by atoms with Gasteiger partial charge in [-0.15, -0.1) is 0 Å². The van der Waals surface area contributed by atoms with Crippen LogP contribution in [0.1, 0.15) is 47.5 Å². The van der Waals surface area contributed by atoms with E-state index in [4.69, 9.17) is 4.65 Å². The van der Waals surface area contributed by atoms with Gasteiger partial charge in [-0.25, -0.2) is 0 Å². The molecule has 1 aliphatic rings. The molecule has 0 bridgehead atoms. The molecule has 1 aliphatic heterocycles. The van der Waals surface area contributed by atoms with Crippen LogP contribution in [0.25, 0.3) is 0 Å². The van der Waals surface area contributed by atoms with E-state index in [-0.39, 0.29) is 5.60 Å². The Bertz CT molecular complexity index is 218. The van der Waals surface area contributed by atoms with Crippen LogP contribution in [0.3, 0.4) is 0 Å². The smallest absolute Gasteiger partial charge is 0.323 e. The third-order valence-electron chi connectivity index (χ3n) is 3.05. The molecule has 0 aromatic rings. The van der Waals surface area contributed by atoms with E-state index < -0.39 is 0 Å². The molecule has 1 heterocycles. The third-order valence-corrected chi connectivity index (χ3v) is 3.05. The van der Waals surface area contributed by atoms with Gasteiger partial charge in [0, 0.05) is 0 Å². The van der Waals surface area contributed by atoms with Gasteiger partial charge in [0.2, 0.25) is 0 Å². The average Bonchev–Trinajstić information content (AvgIpc) is 2.35. The van der Waals surface area contributed by atoms with Gasteiger partial charge in [0.05, 0.1) is 5.60 Å². The number of rotatable bonds is 3. The van der Waals surface area contributed by atoms with Crippen molar-refractivity contribution in [3.63, 3.8) is 0 Å². The molecule has 2 heteroatoms. The maximum absolute atomic E-state index is 6.03. The summed E-state index contributed by atoms with van der Waals surface area (Å²) in [4.78, 5) is 0. The van der Waals surface area contributed by atoms with Gasteiger partial charge in [0.15, 0.2) is 0 Å². The molecule has 1 rings (SSSR count). The topological polar surface area (TPSA) is 9.23 Å². The summed E-state index contributed by atoms with van der Waals surface area (Å²) in [7, 11) is 0. The van der Waals surface area contributed by atoms with Gasteiger partial charge in [0.25, 0.3) is 0 Å². The van der Waals surface area contributed by atoms with Gasteiger partial charge in [-0.05, 0) is 38.6 Å². The van der Waals surface area contributed by atoms with Crippen molar-refractivity contribution in [2.45, 2.75) is 59.4 Å². The molecule has 0 unspecified atom stereocenters. The van der Waals surface area contributed by atoms with Crippen LogP contribution in [0.2, 0.25) is 6.32 Å². The molecule has 0 fully saturated rings. The summed E-state index contributed by atoms with van der Waals surface area (Å²) in [5.41, 5.74) is 3.07. The van der Waals surface area contributed by atoms with Crippen molar-refractivity contribution >= 4 is 6.92 Å². The summed E-state index contributed by atoms with van der Waals surface area (Å²) >= 11 is 0. The molecule has 13 heavy (non-hydrogen) atoms. The molecule has 0 atom stereocenters. The van der Waals surface area contributed by atoms with Crippen molar-refractivity contribution < 1.29 is 4.65 Å². The highest BCUT2D eigenvalue weighted by Crippen LogP contribution is 2.38. The van der Waals surface area contributed by atoms with Crippen LogP contribution in [0.4, 0.5) is 0 Å². The zero-order chi connectivity index (χ0) is 10.1. The molecule has 0 saturated heterocycles. The first-order valence-electron chi connectivity index (χ1n) is 5.47. The van der Waals surface area contributed by atoms with Crippen LogP contribution in [-0.2, 0) is 4.65 Å². The molecule has 0 spiro atoms. The van der Waals surface area contributed by atoms with E-state index in [1.165, 1.54) is 5.57 Å². The fraction of sp³-hybridized carbons (Fsp3) is 0.818. The molecule has 0 aromatic heterocycles. The maximum atomic E-state index is 6.03. The summed E-state index contributed by atoms with van der Waals surface area (Å²) in [6.07, 6.45) is 3.38. The zero-order valence-electron chi connectivity index (χ0n) is 9.61. The van der Waals surface area contributed by atoms with Crippen LogP contribution in [0, 0.1) is 0 Å². The Labute approximate surface area is 82.7 Å². The van der Waals surface area contributed by atoms with Gasteiger partial charge in [0.1, 0.15) is 0 Å². The highest BCUT2D eigenvalue weighted by Gasteiger charge is 2.39. The molecule has 1 nitrogen and oxygen atoms in total. The van der Waals surface area contributed by atoms with E-state index in [0.29, 0.717) is 6.92 Å². The standard InChI is InChI=1S/C11H21BO/c1-6-9-10(7-2)12(8-3)13-11(9,4)5/h6-8H2,1-5H3. The monoisotopic (exact) mass is 180 g/mol. The van der Waals surface area contributed by atoms with Crippen LogP contribution in [-0.4, -0.2) is 12.5 Å². The Hall–Kier alpha value is -0.235. The predicted octanol–water partition coefficient (Wildman–Crippen LogP) is 3.46. The van der Waals surface area contributed by atoms with Gasteiger partial charge < -0.3 is 4.65 Å². The van der Waals surface area contributed by atoms with E-state index in [1.54, 1.807) is 5.47 Å². The summed E-state index contributed by atoms with van der Waals surface area (Å²) < 4.78 is 6.03. The van der Waals surface area contributed by atoms with Crippen LogP contribution in [0.5, 0.6) is 0 Å². The molecule has 0 aromatic carbocycles. The van der Waals surface area contributed by atoms with E-state index in [9.17, 15) is 0 Å². The summed E-state index contributed by atoms with van der Waals surface area (Å²) in [6.45, 7) is 11.4. The first-order chi connectivity index (χ1) is 6.06. The fourth-order valence-electron chi connectivity index (χ4n) is 2.50. The molecule has 0 aliphatic carbocycles. The Morgan fingerprint density at radius 3 is 2.15 bits per heavy atom. The second-order valence-corrected chi connectivity index (χ2v) is 4.24. The Balaban J connectivity index is 2.99. The first kappa shape index (κ1) is 10.8. The normalized spacial score (nSPS) is 21.5. The van der Waals surface area contributed by atoms with Crippen molar-refractivity contribution in [3.05, 3.63) is 11.0 Å². The minimum atomic E-state index is -0.0131. The van der Waals surface area contributed by atoms with E-state index in [1.807, 2.05) is 0 Å². The third kappa shape index (κ3) is 1.83. The van der Waals surface area contributed by atoms with Gasteiger partial charge in [-0.3, -0.25) is 0 Å². The second-order valence-electron chi connectivity index (χ2n) is 4.24. The molecule has 0 saturated carbocycles. The maximum Gasteiger partial charge on any atom is 0.323 e. The molecular formula is C11H21BO. The Morgan fingerprint density at radius 2 is 1.77 bits per heavy atom. The lowest BCUT2D eigenvalue weighted by Crippen LogP contribution is -2.26. The Morgan fingerprint density at radius 1 is 1.15 bits per heavy atom. The summed E-state index contributed by atoms with van der Waals surface area (Å²) in [6, 6.07) is 0. The fourth-order valence-corrected chi connectivity index (χ4v) is 2.50. The van der Waals surface area contributed by atoms with Crippen molar-refractivity contribution in [2.75, 3.05) is 0 Å². The van der Waals surface area contributed by atoms with E-state index in [0.717, 1.165) is 19.2 Å².